The Kier molecular flexibility index (Phi) is 5.05. The zero-order valence-corrected chi connectivity index (χ0v) is 11.3. The second kappa shape index (κ2) is 6.08. The van der Waals surface area contributed by atoms with Crippen LogP contribution in [-0.2, 0) is 4.79 Å². The number of carbonyl (C=O) groups is 1. The lowest BCUT2D eigenvalue weighted by Crippen LogP contribution is -2.28. The maximum Gasteiger partial charge on any atom is 0.246 e. The molecule has 1 aromatic heterocycles. The van der Waals surface area contributed by atoms with Crippen LogP contribution in [0.25, 0.3) is 6.08 Å². The molecule has 0 aromatic carbocycles. The number of amides is 1. The van der Waals surface area contributed by atoms with E-state index in [0.717, 1.165) is 21.8 Å². The summed E-state index contributed by atoms with van der Waals surface area (Å²) in [6, 6.07) is 3.97. The van der Waals surface area contributed by atoms with E-state index in [2.05, 4.69) is 15.9 Å². The summed E-state index contributed by atoms with van der Waals surface area (Å²) >= 11 is 5.00. The Morgan fingerprint density at radius 3 is 2.60 bits per heavy atom. The molecule has 15 heavy (non-hydrogen) atoms. The molecule has 0 N–H and O–H groups in total. The van der Waals surface area contributed by atoms with E-state index in [4.69, 9.17) is 0 Å². The van der Waals surface area contributed by atoms with Gasteiger partial charge in [-0.1, -0.05) is 0 Å². The average molecular weight is 288 g/mol. The van der Waals surface area contributed by atoms with Crippen molar-refractivity contribution >= 4 is 39.2 Å². The molecule has 0 aliphatic heterocycles. The van der Waals surface area contributed by atoms with E-state index in [1.165, 1.54) is 0 Å². The Bertz CT molecular complexity index is 355. The van der Waals surface area contributed by atoms with Crippen molar-refractivity contribution < 1.29 is 4.79 Å². The van der Waals surface area contributed by atoms with Gasteiger partial charge in [0, 0.05) is 24.0 Å². The van der Waals surface area contributed by atoms with E-state index in [0.29, 0.717) is 0 Å². The number of hydrogen-bond acceptors (Lipinski definition) is 2. The molecule has 0 saturated carbocycles. The first-order valence-electron chi connectivity index (χ1n) is 4.89. The quantitative estimate of drug-likeness (QED) is 0.778. The van der Waals surface area contributed by atoms with Gasteiger partial charge in [-0.2, -0.15) is 0 Å². The van der Waals surface area contributed by atoms with Crippen molar-refractivity contribution in [3.05, 3.63) is 26.9 Å². The fourth-order valence-corrected chi connectivity index (χ4v) is 2.54. The summed E-state index contributed by atoms with van der Waals surface area (Å²) in [5, 5.41) is 0. The van der Waals surface area contributed by atoms with Gasteiger partial charge in [0.2, 0.25) is 5.91 Å². The number of likely N-dealkylation sites (N-methyl/N-ethyl adjacent to an activating group) is 1. The van der Waals surface area contributed by atoms with Crippen molar-refractivity contribution in [3.63, 3.8) is 0 Å². The monoisotopic (exact) mass is 287 g/mol. The molecule has 0 bridgehead atoms. The maximum atomic E-state index is 11.6. The van der Waals surface area contributed by atoms with Gasteiger partial charge in [0.1, 0.15) is 0 Å². The van der Waals surface area contributed by atoms with Crippen LogP contribution in [0.15, 0.2) is 22.0 Å². The molecule has 0 aliphatic carbocycles. The molecule has 0 fully saturated rings. The molecule has 82 valence electrons. The molecular formula is C11H14BrNOS. The van der Waals surface area contributed by atoms with Crippen LogP contribution >= 0.6 is 27.3 Å². The van der Waals surface area contributed by atoms with Crippen LogP contribution in [0.1, 0.15) is 18.7 Å². The van der Waals surface area contributed by atoms with Crippen LogP contribution in [0.5, 0.6) is 0 Å². The van der Waals surface area contributed by atoms with E-state index in [9.17, 15) is 4.79 Å². The van der Waals surface area contributed by atoms with Crippen LogP contribution in [0.3, 0.4) is 0 Å². The summed E-state index contributed by atoms with van der Waals surface area (Å²) < 4.78 is 1.08. The van der Waals surface area contributed by atoms with E-state index in [1.807, 2.05) is 32.1 Å². The third-order valence-electron chi connectivity index (χ3n) is 2.06. The Labute approximate surface area is 103 Å². The molecule has 0 atom stereocenters. The number of rotatable bonds is 4. The largest absolute Gasteiger partial charge is 0.340 e. The molecule has 0 spiro atoms. The highest BCUT2D eigenvalue weighted by molar-refractivity contribution is 9.11. The number of halogens is 1. The Morgan fingerprint density at radius 1 is 1.47 bits per heavy atom. The molecule has 2 nitrogen and oxygen atoms in total. The van der Waals surface area contributed by atoms with E-state index in [-0.39, 0.29) is 5.91 Å². The molecule has 0 saturated heterocycles. The molecule has 1 rings (SSSR count). The van der Waals surface area contributed by atoms with Crippen molar-refractivity contribution in [1.29, 1.82) is 0 Å². The van der Waals surface area contributed by atoms with E-state index >= 15 is 0 Å². The minimum atomic E-state index is 0.0736. The summed E-state index contributed by atoms with van der Waals surface area (Å²) in [4.78, 5) is 14.5. The summed E-state index contributed by atoms with van der Waals surface area (Å²) in [5.74, 6) is 0.0736. The fourth-order valence-electron chi connectivity index (χ4n) is 1.21. The number of nitrogens with zero attached hydrogens (tertiary/aromatic N) is 1. The first-order chi connectivity index (χ1) is 7.17. The van der Waals surface area contributed by atoms with Gasteiger partial charge >= 0.3 is 0 Å². The van der Waals surface area contributed by atoms with Crippen LogP contribution in [0.2, 0.25) is 0 Å². The molecule has 0 aliphatic rings. The first-order valence-corrected chi connectivity index (χ1v) is 6.50. The van der Waals surface area contributed by atoms with Gasteiger partial charge in [-0.25, -0.2) is 0 Å². The fraction of sp³-hybridized carbons (Fsp3) is 0.364. The van der Waals surface area contributed by atoms with Gasteiger partial charge in [-0.05, 0) is 48.0 Å². The van der Waals surface area contributed by atoms with Crippen molar-refractivity contribution in [2.45, 2.75) is 13.8 Å². The average Bonchev–Trinajstić information content (AvgIpc) is 2.63. The lowest BCUT2D eigenvalue weighted by Gasteiger charge is -2.15. The molecule has 1 aromatic rings. The van der Waals surface area contributed by atoms with E-state index < -0.39 is 0 Å². The van der Waals surface area contributed by atoms with Crippen LogP contribution < -0.4 is 0 Å². The predicted molar refractivity (Wildman–Crippen MR) is 69.0 cm³/mol. The second-order valence-corrected chi connectivity index (χ2v) is 5.48. The minimum absolute atomic E-state index is 0.0736. The summed E-state index contributed by atoms with van der Waals surface area (Å²) in [6.07, 6.45) is 3.49. The van der Waals surface area contributed by atoms with Crippen molar-refractivity contribution in [2.24, 2.45) is 0 Å². The number of hydrogen-bond donors (Lipinski definition) is 0. The number of carbonyl (C=O) groups excluding carboxylic acids is 1. The highest BCUT2D eigenvalue weighted by Crippen LogP contribution is 2.22. The van der Waals surface area contributed by atoms with Gasteiger partial charge in [-0.3, -0.25) is 4.79 Å². The molecule has 4 heteroatoms. The Morgan fingerprint density at radius 2 is 2.13 bits per heavy atom. The van der Waals surface area contributed by atoms with Gasteiger partial charge < -0.3 is 4.90 Å². The molecular weight excluding hydrogens is 274 g/mol. The van der Waals surface area contributed by atoms with E-state index in [1.54, 1.807) is 22.3 Å². The van der Waals surface area contributed by atoms with Gasteiger partial charge in [0.25, 0.3) is 0 Å². The first kappa shape index (κ1) is 12.5. The van der Waals surface area contributed by atoms with Crippen molar-refractivity contribution in [3.8, 4) is 0 Å². The third-order valence-corrected chi connectivity index (χ3v) is 3.65. The van der Waals surface area contributed by atoms with Crippen LogP contribution in [0.4, 0.5) is 0 Å². The van der Waals surface area contributed by atoms with Crippen LogP contribution in [0, 0.1) is 0 Å². The summed E-state index contributed by atoms with van der Waals surface area (Å²) in [7, 11) is 0. The molecule has 1 amide bonds. The topological polar surface area (TPSA) is 20.3 Å². The highest BCUT2D eigenvalue weighted by atomic mass is 79.9. The molecule has 1 heterocycles. The second-order valence-electron chi connectivity index (χ2n) is 2.99. The van der Waals surface area contributed by atoms with Crippen molar-refractivity contribution in [2.75, 3.05) is 13.1 Å². The van der Waals surface area contributed by atoms with Gasteiger partial charge in [0.05, 0.1) is 3.79 Å². The lowest BCUT2D eigenvalue weighted by molar-refractivity contribution is -0.125. The standard InChI is InChI=1S/C11H14BrNOS/c1-3-13(4-2)11(14)8-6-9-5-7-10(12)15-9/h5-8H,3-4H2,1-2H3/b8-6-. The lowest BCUT2D eigenvalue weighted by atomic mass is 10.3. The Balaban J connectivity index is 2.61. The third kappa shape index (κ3) is 3.80. The normalized spacial score (nSPS) is 10.9. The van der Waals surface area contributed by atoms with Gasteiger partial charge in [-0.15, -0.1) is 11.3 Å². The molecule has 0 radical (unpaired) electrons. The Hall–Kier alpha value is -0.610. The van der Waals surface area contributed by atoms with Crippen LogP contribution in [-0.4, -0.2) is 23.9 Å². The zero-order chi connectivity index (χ0) is 11.3. The predicted octanol–water partition coefficient (Wildman–Crippen LogP) is 3.39. The SMILES string of the molecule is CCN(CC)C(=O)/C=C\c1ccc(Br)s1. The molecule has 0 unspecified atom stereocenters. The zero-order valence-electron chi connectivity index (χ0n) is 8.87. The van der Waals surface area contributed by atoms with Gasteiger partial charge in [0.15, 0.2) is 0 Å². The summed E-state index contributed by atoms with van der Waals surface area (Å²) in [5.41, 5.74) is 0. The minimum Gasteiger partial charge on any atom is -0.340 e. The highest BCUT2D eigenvalue weighted by Gasteiger charge is 2.04. The maximum absolute atomic E-state index is 11.6. The van der Waals surface area contributed by atoms with Crippen molar-refractivity contribution in [1.82, 2.24) is 4.90 Å². The number of thiophene rings is 1. The smallest absolute Gasteiger partial charge is 0.246 e. The summed E-state index contributed by atoms with van der Waals surface area (Å²) in [6.45, 7) is 5.48.